The van der Waals surface area contributed by atoms with Crippen LogP contribution in [-0.2, 0) is 11.2 Å². The second-order valence-corrected chi connectivity index (χ2v) is 5.14. The molecule has 2 aromatic rings. The minimum atomic E-state index is -0.995. The number of hydrogen-bond acceptors (Lipinski definition) is 5. The Labute approximate surface area is 135 Å². The quantitative estimate of drug-likeness (QED) is 0.612. The predicted molar refractivity (Wildman–Crippen MR) is 88.6 cm³/mol. The highest BCUT2D eigenvalue weighted by molar-refractivity contribution is 5.73. The fraction of sp³-hybridized carbons (Fsp3) is 0.294. The molecule has 0 saturated heterocycles. The molecule has 0 aliphatic heterocycles. The summed E-state index contributed by atoms with van der Waals surface area (Å²) in [6.07, 6.45) is 2.91. The molecule has 4 N–H and O–H groups in total. The highest BCUT2D eigenvalue weighted by Gasteiger charge is 2.11. The highest BCUT2D eigenvalue weighted by Crippen LogP contribution is 2.13. The van der Waals surface area contributed by atoms with Gasteiger partial charge in [0.15, 0.2) is 0 Å². The highest BCUT2D eigenvalue weighted by atomic mass is 16.5. The van der Waals surface area contributed by atoms with Gasteiger partial charge in [-0.1, -0.05) is 18.2 Å². The maximum atomic E-state index is 10.7. The van der Waals surface area contributed by atoms with Crippen molar-refractivity contribution in [3.05, 3.63) is 54.2 Å². The monoisotopic (exact) mass is 315 g/mol. The first-order valence-corrected chi connectivity index (χ1v) is 7.50. The molecule has 0 spiro atoms. The maximum absolute atomic E-state index is 10.7. The molecule has 0 unspecified atom stereocenters. The zero-order valence-corrected chi connectivity index (χ0v) is 12.8. The lowest BCUT2D eigenvalue weighted by atomic mass is 10.1. The molecule has 1 atom stereocenters. The molecule has 0 fully saturated rings. The molecule has 0 radical (unpaired) electrons. The van der Waals surface area contributed by atoms with Crippen LogP contribution in [0.15, 0.2) is 48.7 Å². The van der Waals surface area contributed by atoms with Gasteiger partial charge in [-0.3, -0.25) is 4.79 Å². The van der Waals surface area contributed by atoms with Crippen molar-refractivity contribution in [2.45, 2.75) is 18.9 Å². The Balaban J connectivity index is 1.67. The van der Waals surface area contributed by atoms with Gasteiger partial charge in [0.2, 0.25) is 0 Å². The van der Waals surface area contributed by atoms with E-state index >= 15 is 0 Å². The van der Waals surface area contributed by atoms with E-state index in [0.29, 0.717) is 13.0 Å². The van der Waals surface area contributed by atoms with Crippen LogP contribution in [0, 0.1) is 0 Å². The number of aliphatic carboxylic acids is 1. The van der Waals surface area contributed by atoms with Crippen molar-refractivity contribution >= 4 is 11.8 Å². The minimum absolute atomic E-state index is 0.309. The van der Waals surface area contributed by atoms with Crippen LogP contribution in [0.4, 0.5) is 5.82 Å². The lowest BCUT2D eigenvalue weighted by molar-refractivity contribution is -0.138. The van der Waals surface area contributed by atoms with Gasteiger partial charge >= 0.3 is 5.97 Å². The lowest BCUT2D eigenvalue weighted by Crippen LogP contribution is -2.32. The molecular weight excluding hydrogens is 294 g/mol. The molecule has 122 valence electrons. The SMILES string of the molecule is N[C@@H](Cc1ccc(OCCCNc2ccccn2)cc1)C(=O)O. The fourth-order valence-corrected chi connectivity index (χ4v) is 2.01. The van der Waals surface area contributed by atoms with Crippen molar-refractivity contribution in [3.63, 3.8) is 0 Å². The number of ether oxygens (including phenoxy) is 1. The average Bonchev–Trinajstić information content (AvgIpc) is 2.57. The normalized spacial score (nSPS) is 11.7. The number of aromatic nitrogens is 1. The van der Waals surface area contributed by atoms with Gasteiger partial charge in [-0.15, -0.1) is 0 Å². The molecule has 1 aromatic heterocycles. The molecule has 0 aliphatic carbocycles. The Kier molecular flexibility index (Phi) is 6.38. The largest absolute Gasteiger partial charge is 0.494 e. The third-order valence-corrected chi connectivity index (χ3v) is 3.26. The van der Waals surface area contributed by atoms with Crippen LogP contribution in [-0.4, -0.2) is 35.3 Å². The van der Waals surface area contributed by atoms with Crippen LogP contribution >= 0.6 is 0 Å². The van der Waals surface area contributed by atoms with Gasteiger partial charge in [0.05, 0.1) is 6.61 Å². The van der Waals surface area contributed by atoms with Gasteiger partial charge in [0.1, 0.15) is 17.6 Å². The topological polar surface area (TPSA) is 97.5 Å². The summed E-state index contributed by atoms with van der Waals surface area (Å²) in [4.78, 5) is 14.9. The molecule has 23 heavy (non-hydrogen) atoms. The molecular formula is C17H21N3O3. The van der Waals surface area contributed by atoms with Gasteiger partial charge in [-0.05, 0) is 42.7 Å². The maximum Gasteiger partial charge on any atom is 0.320 e. The number of anilines is 1. The smallest absolute Gasteiger partial charge is 0.320 e. The Bertz CT molecular complexity index is 602. The molecule has 2 rings (SSSR count). The first kappa shape index (κ1) is 16.8. The third-order valence-electron chi connectivity index (χ3n) is 3.26. The molecule has 0 saturated carbocycles. The molecule has 6 heteroatoms. The zero-order chi connectivity index (χ0) is 16.5. The standard InChI is InChI=1S/C17H21N3O3/c18-15(17(21)22)12-13-5-7-14(8-6-13)23-11-3-10-20-16-4-1-2-9-19-16/h1-2,4-9,15H,3,10-12,18H2,(H,19,20)(H,21,22)/t15-/m0/s1. The van der Waals surface area contributed by atoms with Crippen LogP contribution < -0.4 is 15.8 Å². The number of nitrogens with zero attached hydrogens (tertiary/aromatic N) is 1. The number of carboxylic acid groups (broad SMARTS) is 1. The van der Waals surface area contributed by atoms with Gasteiger partial charge < -0.3 is 20.9 Å². The van der Waals surface area contributed by atoms with E-state index in [-0.39, 0.29) is 0 Å². The fourth-order valence-electron chi connectivity index (χ4n) is 2.01. The summed E-state index contributed by atoms with van der Waals surface area (Å²) in [5.74, 6) is 0.618. The van der Waals surface area contributed by atoms with Crippen molar-refractivity contribution in [1.29, 1.82) is 0 Å². The van der Waals surface area contributed by atoms with E-state index in [9.17, 15) is 4.79 Å². The van der Waals surface area contributed by atoms with Gasteiger partial charge in [0, 0.05) is 12.7 Å². The van der Waals surface area contributed by atoms with Crippen LogP contribution in [0.1, 0.15) is 12.0 Å². The van der Waals surface area contributed by atoms with E-state index in [1.165, 1.54) is 0 Å². The van der Waals surface area contributed by atoms with Crippen LogP contribution in [0.5, 0.6) is 5.75 Å². The van der Waals surface area contributed by atoms with E-state index < -0.39 is 12.0 Å². The summed E-state index contributed by atoms with van der Waals surface area (Å²) in [5, 5.41) is 12.0. The Morgan fingerprint density at radius 3 is 2.70 bits per heavy atom. The van der Waals surface area contributed by atoms with E-state index in [1.807, 2.05) is 42.5 Å². The Morgan fingerprint density at radius 2 is 2.04 bits per heavy atom. The number of rotatable bonds is 9. The van der Waals surface area contributed by atoms with Crippen molar-refractivity contribution in [2.24, 2.45) is 5.73 Å². The summed E-state index contributed by atoms with van der Waals surface area (Å²) >= 11 is 0. The first-order valence-electron chi connectivity index (χ1n) is 7.50. The van der Waals surface area contributed by atoms with Gasteiger partial charge in [-0.2, -0.15) is 0 Å². The predicted octanol–water partition coefficient (Wildman–Crippen LogP) is 1.92. The number of benzene rings is 1. The minimum Gasteiger partial charge on any atom is -0.494 e. The number of pyridine rings is 1. The second-order valence-electron chi connectivity index (χ2n) is 5.14. The van der Waals surface area contributed by atoms with Crippen molar-refractivity contribution in [3.8, 4) is 5.75 Å². The number of hydrogen-bond donors (Lipinski definition) is 3. The van der Waals surface area contributed by atoms with Crippen LogP contribution in [0.2, 0.25) is 0 Å². The molecule has 0 bridgehead atoms. The summed E-state index contributed by atoms with van der Waals surface area (Å²) in [6, 6.07) is 12.2. The Morgan fingerprint density at radius 1 is 1.26 bits per heavy atom. The van der Waals surface area contributed by atoms with E-state index in [4.69, 9.17) is 15.6 Å². The third kappa shape index (κ3) is 5.96. The average molecular weight is 315 g/mol. The summed E-state index contributed by atoms with van der Waals surface area (Å²) in [6.45, 7) is 1.37. The molecule has 0 amide bonds. The summed E-state index contributed by atoms with van der Waals surface area (Å²) < 4.78 is 5.64. The molecule has 1 aromatic carbocycles. The first-order chi connectivity index (χ1) is 11.1. The number of carboxylic acids is 1. The number of carbonyl (C=O) groups is 1. The zero-order valence-electron chi connectivity index (χ0n) is 12.8. The molecule has 6 nitrogen and oxygen atoms in total. The van der Waals surface area contributed by atoms with Gasteiger partial charge in [-0.25, -0.2) is 4.98 Å². The van der Waals surface area contributed by atoms with Crippen LogP contribution in [0.25, 0.3) is 0 Å². The van der Waals surface area contributed by atoms with E-state index in [1.54, 1.807) is 6.20 Å². The number of nitrogens with one attached hydrogen (secondary N) is 1. The number of nitrogens with two attached hydrogens (primary N) is 1. The van der Waals surface area contributed by atoms with Crippen LogP contribution in [0.3, 0.4) is 0 Å². The lowest BCUT2D eigenvalue weighted by Gasteiger charge is -2.09. The van der Waals surface area contributed by atoms with E-state index in [2.05, 4.69) is 10.3 Å². The van der Waals surface area contributed by atoms with Gasteiger partial charge in [0.25, 0.3) is 0 Å². The molecule has 0 aliphatic rings. The Hall–Kier alpha value is -2.60. The van der Waals surface area contributed by atoms with Crippen molar-refractivity contribution in [2.75, 3.05) is 18.5 Å². The van der Waals surface area contributed by atoms with E-state index in [0.717, 1.165) is 30.1 Å². The second kappa shape index (κ2) is 8.75. The molecule has 1 heterocycles. The van der Waals surface area contributed by atoms with Crippen molar-refractivity contribution in [1.82, 2.24) is 4.98 Å². The summed E-state index contributed by atoms with van der Waals surface area (Å²) in [7, 11) is 0. The van der Waals surface area contributed by atoms with Crippen molar-refractivity contribution < 1.29 is 14.6 Å². The summed E-state index contributed by atoms with van der Waals surface area (Å²) in [5.41, 5.74) is 6.38.